The molecule has 9 heteroatoms. The lowest BCUT2D eigenvalue weighted by molar-refractivity contribution is -0.436. The molecule has 0 fully saturated rings. The van der Waals surface area contributed by atoms with Crippen LogP contribution in [0.2, 0.25) is 0 Å². The molecule has 1 rings (SSSR count). The number of aliphatic hydroxyl groups excluding tert-OH is 2. The topological polar surface area (TPSA) is 110 Å². The highest BCUT2D eigenvalue weighted by molar-refractivity contribution is 5.43. The van der Waals surface area contributed by atoms with Gasteiger partial charge in [-0.3, -0.25) is 10.1 Å². The van der Waals surface area contributed by atoms with E-state index in [0.717, 1.165) is 6.92 Å². The molecule has 6 nitrogen and oxygen atoms in total. The van der Waals surface area contributed by atoms with Crippen molar-refractivity contribution in [1.29, 1.82) is 0 Å². The number of alkyl halides is 1. The second-order valence-corrected chi connectivity index (χ2v) is 4.43. The fourth-order valence-electron chi connectivity index (χ4n) is 1.73. The second-order valence-electron chi connectivity index (χ2n) is 4.43. The minimum atomic E-state index is -2.57. The SMILES string of the molecule is CC1(N)C(F)=C(F)C(CC(O)CO)=C([N+](=O)[O-])C1F. The molecule has 3 atom stereocenters. The van der Waals surface area contributed by atoms with E-state index in [1.807, 2.05) is 0 Å². The molecular formula is C10H13F3N2O4. The fraction of sp³-hybridized carbons (Fsp3) is 0.600. The number of rotatable bonds is 4. The predicted molar refractivity (Wildman–Crippen MR) is 58.5 cm³/mol. The van der Waals surface area contributed by atoms with Crippen LogP contribution >= 0.6 is 0 Å². The Bertz CT molecular complexity index is 462. The predicted octanol–water partition coefficient (Wildman–Crippen LogP) is 0.480. The number of allylic oxidation sites excluding steroid dienone is 1. The molecule has 3 unspecified atom stereocenters. The Balaban J connectivity index is 3.41. The van der Waals surface area contributed by atoms with Crippen molar-refractivity contribution in [3.05, 3.63) is 33.0 Å². The average Bonchev–Trinajstić information content (AvgIpc) is 2.33. The zero-order valence-electron chi connectivity index (χ0n) is 9.94. The van der Waals surface area contributed by atoms with Gasteiger partial charge in [0.1, 0.15) is 5.54 Å². The van der Waals surface area contributed by atoms with Crippen LogP contribution in [-0.4, -0.2) is 39.6 Å². The number of halogens is 3. The highest BCUT2D eigenvalue weighted by Gasteiger charge is 2.51. The summed E-state index contributed by atoms with van der Waals surface area (Å²) < 4.78 is 41.2. The van der Waals surface area contributed by atoms with Crippen LogP contribution in [0.1, 0.15) is 13.3 Å². The summed E-state index contributed by atoms with van der Waals surface area (Å²) in [6.07, 6.45) is -4.93. The molecule has 19 heavy (non-hydrogen) atoms. The van der Waals surface area contributed by atoms with Crippen molar-refractivity contribution in [3.8, 4) is 0 Å². The van der Waals surface area contributed by atoms with Crippen molar-refractivity contribution < 1.29 is 28.3 Å². The minimum Gasteiger partial charge on any atom is -0.394 e. The van der Waals surface area contributed by atoms with E-state index in [4.69, 9.17) is 15.9 Å². The third-order valence-corrected chi connectivity index (χ3v) is 2.85. The Hall–Kier alpha value is -1.45. The van der Waals surface area contributed by atoms with E-state index in [1.165, 1.54) is 0 Å². The van der Waals surface area contributed by atoms with Gasteiger partial charge in [-0.05, 0) is 6.92 Å². The van der Waals surface area contributed by atoms with Gasteiger partial charge in [0.05, 0.1) is 23.2 Å². The number of hydrogen-bond acceptors (Lipinski definition) is 5. The van der Waals surface area contributed by atoms with Crippen molar-refractivity contribution in [2.24, 2.45) is 5.73 Å². The van der Waals surface area contributed by atoms with Gasteiger partial charge < -0.3 is 15.9 Å². The maximum absolute atomic E-state index is 13.9. The Labute approximate surface area is 106 Å². The maximum Gasteiger partial charge on any atom is 0.288 e. The summed E-state index contributed by atoms with van der Waals surface area (Å²) in [6.45, 7) is -0.0461. The number of nitrogens with zero attached hydrogens (tertiary/aromatic N) is 1. The Morgan fingerprint density at radius 2 is 2.11 bits per heavy atom. The maximum atomic E-state index is 13.9. The summed E-state index contributed by atoms with van der Waals surface area (Å²) >= 11 is 0. The van der Waals surface area contributed by atoms with E-state index >= 15 is 0 Å². The van der Waals surface area contributed by atoms with E-state index in [-0.39, 0.29) is 0 Å². The quantitative estimate of drug-likeness (QED) is 0.513. The van der Waals surface area contributed by atoms with E-state index in [1.54, 1.807) is 0 Å². The summed E-state index contributed by atoms with van der Waals surface area (Å²) in [5.74, 6) is -3.33. The molecule has 1 aliphatic carbocycles. The third-order valence-electron chi connectivity index (χ3n) is 2.85. The van der Waals surface area contributed by atoms with Crippen molar-refractivity contribution in [3.63, 3.8) is 0 Å². The highest BCUT2D eigenvalue weighted by atomic mass is 19.2. The molecule has 0 aliphatic heterocycles. The van der Waals surface area contributed by atoms with Crippen LogP contribution in [0.3, 0.4) is 0 Å². The summed E-state index contributed by atoms with van der Waals surface area (Å²) in [4.78, 5) is 9.57. The van der Waals surface area contributed by atoms with Crippen LogP contribution < -0.4 is 5.73 Å². The van der Waals surface area contributed by atoms with E-state index < -0.39 is 58.7 Å². The minimum absolute atomic E-state index is 0.787. The standard InChI is InChI=1S/C10H13F3N2O4/c1-10(14)8(12)6(11)5(2-4(17)3-16)7(9(10)13)15(18)19/h4,9,16-17H,2-3,14H2,1H3. The summed E-state index contributed by atoms with van der Waals surface area (Å²) in [6, 6.07) is 0. The Morgan fingerprint density at radius 1 is 1.58 bits per heavy atom. The van der Waals surface area contributed by atoms with Crippen molar-refractivity contribution in [2.75, 3.05) is 6.61 Å². The first-order valence-electron chi connectivity index (χ1n) is 5.30. The molecule has 0 aromatic carbocycles. The van der Waals surface area contributed by atoms with Gasteiger partial charge in [0.2, 0.25) is 6.17 Å². The zero-order valence-corrected chi connectivity index (χ0v) is 9.94. The first-order chi connectivity index (χ1) is 8.64. The lowest BCUT2D eigenvalue weighted by atomic mass is 9.83. The lowest BCUT2D eigenvalue weighted by Crippen LogP contribution is -2.51. The van der Waals surface area contributed by atoms with E-state index in [2.05, 4.69) is 0 Å². The molecule has 0 amide bonds. The molecule has 0 aromatic rings. The van der Waals surface area contributed by atoms with Crippen LogP contribution in [0.15, 0.2) is 22.9 Å². The highest BCUT2D eigenvalue weighted by Crippen LogP contribution is 2.41. The lowest BCUT2D eigenvalue weighted by Gasteiger charge is -2.30. The van der Waals surface area contributed by atoms with Crippen LogP contribution in [0.4, 0.5) is 13.2 Å². The molecule has 0 spiro atoms. The van der Waals surface area contributed by atoms with Gasteiger partial charge in [-0.1, -0.05) is 0 Å². The molecule has 0 saturated heterocycles. The number of hydrogen-bond donors (Lipinski definition) is 3. The summed E-state index contributed by atoms with van der Waals surface area (Å²) in [5, 5.41) is 28.6. The van der Waals surface area contributed by atoms with Crippen molar-refractivity contribution in [1.82, 2.24) is 0 Å². The number of nitrogens with two attached hydrogens (primary N) is 1. The van der Waals surface area contributed by atoms with Crippen LogP contribution in [-0.2, 0) is 0 Å². The van der Waals surface area contributed by atoms with Gasteiger partial charge >= 0.3 is 0 Å². The van der Waals surface area contributed by atoms with Gasteiger partial charge in [0.25, 0.3) is 5.70 Å². The second kappa shape index (κ2) is 5.27. The smallest absolute Gasteiger partial charge is 0.288 e. The molecule has 0 heterocycles. The third kappa shape index (κ3) is 2.62. The molecule has 0 radical (unpaired) electrons. The Kier molecular flexibility index (Phi) is 4.33. The monoisotopic (exact) mass is 282 g/mol. The molecule has 0 bridgehead atoms. The number of nitro groups is 1. The zero-order chi connectivity index (χ0) is 15.0. The van der Waals surface area contributed by atoms with Gasteiger partial charge in [-0.25, -0.2) is 13.2 Å². The molecule has 108 valence electrons. The summed E-state index contributed by atoms with van der Waals surface area (Å²) in [5.41, 5.74) is 0.554. The molecular weight excluding hydrogens is 269 g/mol. The normalized spacial score (nSPS) is 29.7. The largest absolute Gasteiger partial charge is 0.394 e. The molecule has 4 N–H and O–H groups in total. The van der Waals surface area contributed by atoms with E-state index in [9.17, 15) is 23.3 Å². The van der Waals surface area contributed by atoms with E-state index in [0.29, 0.717) is 0 Å². The Morgan fingerprint density at radius 3 is 2.53 bits per heavy atom. The molecule has 0 saturated carbocycles. The molecule has 0 aromatic heterocycles. The van der Waals surface area contributed by atoms with Gasteiger partial charge in [-0.15, -0.1) is 0 Å². The molecule has 1 aliphatic rings. The fourth-order valence-corrected chi connectivity index (χ4v) is 1.73. The van der Waals surface area contributed by atoms with Crippen molar-refractivity contribution in [2.45, 2.75) is 31.2 Å². The van der Waals surface area contributed by atoms with Gasteiger partial charge in [0, 0.05) is 6.42 Å². The van der Waals surface area contributed by atoms with Crippen molar-refractivity contribution >= 4 is 0 Å². The van der Waals surface area contributed by atoms with Crippen LogP contribution in [0.25, 0.3) is 0 Å². The van der Waals surface area contributed by atoms with Crippen LogP contribution in [0.5, 0.6) is 0 Å². The van der Waals surface area contributed by atoms with Gasteiger partial charge in [0.15, 0.2) is 11.7 Å². The van der Waals surface area contributed by atoms with Crippen LogP contribution in [0, 0.1) is 10.1 Å². The first kappa shape index (κ1) is 15.6. The summed E-state index contributed by atoms with van der Waals surface area (Å²) in [7, 11) is 0. The first-order valence-corrected chi connectivity index (χ1v) is 5.30. The average molecular weight is 282 g/mol. The number of aliphatic hydroxyl groups is 2. The van der Waals surface area contributed by atoms with Gasteiger partial charge in [-0.2, -0.15) is 0 Å².